The Morgan fingerprint density at radius 3 is 3.00 bits per heavy atom. The summed E-state index contributed by atoms with van der Waals surface area (Å²) >= 11 is 0. The van der Waals surface area contributed by atoms with Crippen molar-refractivity contribution < 1.29 is 4.79 Å². The van der Waals surface area contributed by atoms with Gasteiger partial charge >= 0.3 is 0 Å². The Morgan fingerprint density at radius 1 is 1.67 bits per heavy atom. The number of nitrogens with one attached hydrogen (secondary N) is 1. The zero-order valence-corrected chi connectivity index (χ0v) is 7.29. The molecule has 1 heterocycles. The Bertz CT molecular complexity index is 284. The van der Waals surface area contributed by atoms with Gasteiger partial charge < -0.3 is 5.32 Å². The quantitative estimate of drug-likeness (QED) is 0.721. The second-order valence-corrected chi connectivity index (χ2v) is 2.57. The van der Waals surface area contributed by atoms with E-state index >= 15 is 0 Å². The van der Waals surface area contributed by atoms with Gasteiger partial charge in [0, 0.05) is 24.5 Å². The van der Waals surface area contributed by atoms with E-state index in [0.717, 1.165) is 17.8 Å². The average Bonchev–Trinajstić information content (AvgIpc) is 2.03. The van der Waals surface area contributed by atoms with Crippen LogP contribution in [-0.2, 0) is 11.2 Å². The molecule has 0 radical (unpaired) electrons. The van der Waals surface area contributed by atoms with Gasteiger partial charge in [-0.25, -0.2) is 0 Å². The van der Waals surface area contributed by atoms with E-state index in [4.69, 9.17) is 0 Å². The number of carbonyl (C=O) groups excluding carboxylic acids is 1. The molecule has 0 saturated carbocycles. The minimum absolute atomic E-state index is 0.0525. The molecule has 1 amide bonds. The second-order valence-electron chi connectivity index (χ2n) is 2.57. The van der Waals surface area contributed by atoms with Crippen LogP contribution in [0.4, 0.5) is 5.69 Å². The molecule has 0 aliphatic heterocycles. The molecule has 1 aromatic rings. The molecule has 0 bridgehead atoms. The van der Waals surface area contributed by atoms with Gasteiger partial charge in [0.15, 0.2) is 0 Å². The van der Waals surface area contributed by atoms with E-state index in [1.54, 1.807) is 12.3 Å². The highest BCUT2D eigenvalue weighted by molar-refractivity contribution is 5.88. The zero-order chi connectivity index (χ0) is 8.97. The first kappa shape index (κ1) is 8.71. The maximum Gasteiger partial charge on any atom is 0.221 e. The van der Waals surface area contributed by atoms with Gasteiger partial charge in [0.2, 0.25) is 5.91 Å². The minimum atomic E-state index is -0.0525. The standard InChI is InChI=1S/C9H12N2O/c1-3-8-6-9(4-5-10-8)11-7(2)12/h4-6H,3H2,1-2H3,(H,10,11,12). The lowest BCUT2D eigenvalue weighted by Crippen LogP contribution is -2.06. The summed E-state index contributed by atoms with van der Waals surface area (Å²) in [6.07, 6.45) is 2.58. The molecular formula is C9H12N2O. The van der Waals surface area contributed by atoms with Gasteiger partial charge in [-0.1, -0.05) is 6.92 Å². The molecule has 0 aliphatic carbocycles. The fourth-order valence-corrected chi connectivity index (χ4v) is 0.953. The van der Waals surface area contributed by atoms with Gasteiger partial charge in [0.05, 0.1) is 0 Å². The van der Waals surface area contributed by atoms with Crippen molar-refractivity contribution in [3.05, 3.63) is 24.0 Å². The van der Waals surface area contributed by atoms with Gasteiger partial charge in [-0.15, -0.1) is 0 Å². The van der Waals surface area contributed by atoms with Crippen molar-refractivity contribution in [2.45, 2.75) is 20.3 Å². The third-order valence-electron chi connectivity index (χ3n) is 1.50. The molecule has 0 spiro atoms. The summed E-state index contributed by atoms with van der Waals surface area (Å²) in [6.45, 7) is 3.52. The van der Waals surface area contributed by atoms with Crippen LogP contribution in [0.25, 0.3) is 0 Å². The number of pyridine rings is 1. The molecule has 1 rings (SSSR count). The molecule has 0 atom stereocenters. The summed E-state index contributed by atoms with van der Waals surface area (Å²) in [5.74, 6) is -0.0525. The largest absolute Gasteiger partial charge is 0.326 e. The maximum atomic E-state index is 10.7. The Labute approximate surface area is 71.8 Å². The van der Waals surface area contributed by atoms with Gasteiger partial charge in [0.25, 0.3) is 0 Å². The van der Waals surface area contributed by atoms with E-state index in [-0.39, 0.29) is 5.91 Å². The van der Waals surface area contributed by atoms with E-state index in [2.05, 4.69) is 10.3 Å². The van der Waals surface area contributed by atoms with E-state index in [1.807, 2.05) is 13.0 Å². The SMILES string of the molecule is CCc1cc(NC(C)=O)ccn1. The van der Waals surface area contributed by atoms with Gasteiger partial charge in [-0.05, 0) is 18.6 Å². The number of amides is 1. The lowest BCUT2D eigenvalue weighted by molar-refractivity contribution is -0.114. The van der Waals surface area contributed by atoms with Crippen LogP contribution in [0.1, 0.15) is 19.5 Å². The van der Waals surface area contributed by atoms with Gasteiger partial charge in [-0.2, -0.15) is 0 Å². The fraction of sp³-hybridized carbons (Fsp3) is 0.333. The highest BCUT2D eigenvalue weighted by Crippen LogP contribution is 2.07. The highest BCUT2D eigenvalue weighted by Gasteiger charge is 1.96. The number of hydrogen-bond acceptors (Lipinski definition) is 2. The average molecular weight is 164 g/mol. The Hall–Kier alpha value is -1.38. The minimum Gasteiger partial charge on any atom is -0.326 e. The van der Waals surface area contributed by atoms with Crippen LogP contribution in [0.15, 0.2) is 18.3 Å². The van der Waals surface area contributed by atoms with E-state index in [9.17, 15) is 4.79 Å². The fourth-order valence-electron chi connectivity index (χ4n) is 0.953. The number of anilines is 1. The lowest BCUT2D eigenvalue weighted by atomic mass is 10.2. The van der Waals surface area contributed by atoms with Crippen molar-refractivity contribution >= 4 is 11.6 Å². The first-order valence-electron chi connectivity index (χ1n) is 3.95. The number of hydrogen-bond donors (Lipinski definition) is 1. The van der Waals surface area contributed by atoms with E-state index < -0.39 is 0 Å². The van der Waals surface area contributed by atoms with Crippen LogP contribution < -0.4 is 5.32 Å². The summed E-state index contributed by atoms with van der Waals surface area (Å²) < 4.78 is 0. The van der Waals surface area contributed by atoms with E-state index in [1.165, 1.54) is 6.92 Å². The molecule has 3 heteroatoms. The third-order valence-corrected chi connectivity index (χ3v) is 1.50. The molecule has 0 aromatic carbocycles. The Morgan fingerprint density at radius 2 is 2.42 bits per heavy atom. The van der Waals surface area contributed by atoms with Crippen molar-refractivity contribution in [2.24, 2.45) is 0 Å². The normalized spacial score (nSPS) is 9.50. The molecule has 0 unspecified atom stereocenters. The zero-order valence-electron chi connectivity index (χ0n) is 7.29. The van der Waals surface area contributed by atoms with Crippen molar-refractivity contribution in [1.82, 2.24) is 4.98 Å². The third kappa shape index (κ3) is 2.34. The Kier molecular flexibility index (Phi) is 2.80. The molecule has 0 fully saturated rings. The number of aromatic nitrogens is 1. The van der Waals surface area contributed by atoms with Crippen molar-refractivity contribution in [1.29, 1.82) is 0 Å². The summed E-state index contributed by atoms with van der Waals surface area (Å²) in [5, 5.41) is 2.70. The number of aryl methyl sites for hydroxylation is 1. The molecular weight excluding hydrogens is 152 g/mol. The first-order chi connectivity index (χ1) is 5.72. The molecule has 1 N–H and O–H groups in total. The van der Waals surface area contributed by atoms with Crippen LogP contribution in [0.2, 0.25) is 0 Å². The highest BCUT2D eigenvalue weighted by atomic mass is 16.1. The van der Waals surface area contributed by atoms with Crippen LogP contribution in [0.5, 0.6) is 0 Å². The second kappa shape index (κ2) is 3.85. The molecule has 12 heavy (non-hydrogen) atoms. The Balaban J connectivity index is 2.79. The number of carbonyl (C=O) groups is 1. The van der Waals surface area contributed by atoms with Crippen molar-refractivity contribution in [2.75, 3.05) is 5.32 Å². The van der Waals surface area contributed by atoms with Crippen LogP contribution in [0.3, 0.4) is 0 Å². The summed E-state index contributed by atoms with van der Waals surface area (Å²) in [4.78, 5) is 14.8. The van der Waals surface area contributed by atoms with Gasteiger partial charge in [-0.3, -0.25) is 9.78 Å². The van der Waals surface area contributed by atoms with Crippen molar-refractivity contribution in [3.63, 3.8) is 0 Å². The number of rotatable bonds is 2. The molecule has 64 valence electrons. The smallest absolute Gasteiger partial charge is 0.221 e. The lowest BCUT2D eigenvalue weighted by Gasteiger charge is -2.02. The topological polar surface area (TPSA) is 42.0 Å². The first-order valence-corrected chi connectivity index (χ1v) is 3.95. The monoisotopic (exact) mass is 164 g/mol. The number of nitrogens with zero attached hydrogens (tertiary/aromatic N) is 1. The van der Waals surface area contributed by atoms with E-state index in [0.29, 0.717) is 0 Å². The summed E-state index contributed by atoms with van der Waals surface area (Å²) in [6, 6.07) is 3.65. The molecule has 0 saturated heterocycles. The summed E-state index contributed by atoms with van der Waals surface area (Å²) in [5.41, 5.74) is 1.80. The summed E-state index contributed by atoms with van der Waals surface area (Å²) in [7, 11) is 0. The maximum absolute atomic E-state index is 10.7. The molecule has 1 aromatic heterocycles. The predicted octanol–water partition coefficient (Wildman–Crippen LogP) is 1.60. The predicted molar refractivity (Wildman–Crippen MR) is 47.9 cm³/mol. The van der Waals surface area contributed by atoms with Crippen molar-refractivity contribution in [3.8, 4) is 0 Å². The van der Waals surface area contributed by atoms with Crippen LogP contribution in [-0.4, -0.2) is 10.9 Å². The van der Waals surface area contributed by atoms with Gasteiger partial charge in [0.1, 0.15) is 0 Å². The van der Waals surface area contributed by atoms with Crippen LogP contribution >= 0.6 is 0 Å². The van der Waals surface area contributed by atoms with Crippen LogP contribution in [0, 0.1) is 0 Å². The molecule has 0 aliphatic rings. The molecule has 3 nitrogen and oxygen atoms in total.